The molecule has 2 N–H and O–H groups in total. The minimum Gasteiger partial charge on any atom is -0.360 e. The van der Waals surface area contributed by atoms with E-state index in [9.17, 15) is 12.8 Å². The third kappa shape index (κ3) is 2.84. The molecular formula is C18H15FN4O2S. The van der Waals surface area contributed by atoms with Crippen LogP contribution in [-0.4, -0.2) is 23.2 Å². The van der Waals surface area contributed by atoms with E-state index in [1.54, 1.807) is 37.5 Å². The number of H-pyrrole nitrogens is 1. The first-order chi connectivity index (χ1) is 12.4. The van der Waals surface area contributed by atoms with Gasteiger partial charge in [-0.05, 0) is 35.9 Å². The van der Waals surface area contributed by atoms with Crippen LogP contribution in [0.2, 0.25) is 0 Å². The first-order valence-electron chi connectivity index (χ1n) is 7.82. The normalized spacial score (nSPS) is 11.8. The Labute approximate surface area is 149 Å². The van der Waals surface area contributed by atoms with Crippen molar-refractivity contribution in [1.82, 2.24) is 14.8 Å². The van der Waals surface area contributed by atoms with E-state index in [2.05, 4.69) is 14.8 Å². The number of nitrogens with zero attached hydrogens (tertiary/aromatic N) is 2. The number of fused-ring (bicyclic) bond motifs is 1. The lowest BCUT2D eigenvalue weighted by molar-refractivity contribution is 0.600. The second-order valence-electron chi connectivity index (χ2n) is 5.86. The molecule has 0 atom stereocenters. The van der Waals surface area contributed by atoms with Crippen LogP contribution in [0.25, 0.3) is 22.0 Å². The van der Waals surface area contributed by atoms with Crippen LogP contribution in [0.15, 0.2) is 65.8 Å². The van der Waals surface area contributed by atoms with Crippen molar-refractivity contribution in [2.24, 2.45) is 7.05 Å². The predicted octanol–water partition coefficient (Wildman–Crippen LogP) is 3.51. The number of aromatic nitrogens is 3. The number of rotatable bonds is 4. The smallest absolute Gasteiger partial charge is 0.263 e. The molecule has 0 unspecified atom stereocenters. The molecule has 0 spiro atoms. The van der Waals surface area contributed by atoms with Crippen molar-refractivity contribution < 1.29 is 12.8 Å². The Morgan fingerprint density at radius 1 is 1.12 bits per heavy atom. The van der Waals surface area contributed by atoms with Gasteiger partial charge >= 0.3 is 0 Å². The molecule has 4 aromatic rings. The average molecular weight is 370 g/mol. The number of sulfonamides is 1. The zero-order chi connectivity index (χ0) is 18.3. The summed E-state index contributed by atoms with van der Waals surface area (Å²) in [5.74, 6) is 0.0707. The largest absolute Gasteiger partial charge is 0.360 e. The lowest BCUT2D eigenvalue weighted by Crippen LogP contribution is -2.15. The van der Waals surface area contributed by atoms with E-state index in [1.807, 2.05) is 0 Å². The van der Waals surface area contributed by atoms with Crippen molar-refractivity contribution in [3.63, 3.8) is 0 Å². The van der Waals surface area contributed by atoms with Gasteiger partial charge < -0.3 is 4.98 Å². The van der Waals surface area contributed by atoms with Gasteiger partial charge in [0.2, 0.25) is 0 Å². The summed E-state index contributed by atoms with van der Waals surface area (Å²) in [5, 5.41) is 4.81. The highest BCUT2D eigenvalue weighted by Crippen LogP contribution is 2.30. The fourth-order valence-corrected chi connectivity index (χ4v) is 3.91. The SMILES string of the molecule is Cn1nccc1NS(=O)(=O)c1ccc(-c2c[nH]c3cc(F)ccc23)cc1. The van der Waals surface area contributed by atoms with E-state index in [-0.39, 0.29) is 10.7 Å². The third-order valence-electron chi connectivity index (χ3n) is 4.18. The van der Waals surface area contributed by atoms with Crippen LogP contribution in [0.3, 0.4) is 0 Å². The van der Waals surface area contributed by atoms with Crippen molar-refractivity contribution >= 4 is 26.7 Å². The van der Waals surface area contributed by atoms with Gasteiger partial charge in [-0.1, -0.05) is 12.1 Å². The summed E-state index contributed by atoms with van der Waals surface area (Å²) in [5.41, 5.74) is 2.40. The van der Waals surface area contributed by atoms with Crippen LogP contribution in [-0.2, 0) is 17.1 Å². The second kappa shape index (κ2) is 5.99. The maximum atomic E-state index is 13.3. The van der Waals surface area contributed by atoms with Gasteiger partial charge in [0.1, 0.15) is 11.6 Å². The average Bonchev–Trinajstić information content (AvgIpc) is 3.21. The fourth-order valence-electron chi connectivity index (χ4n) is 2.82. The molecular weight excluding hydrogens is 355 g/mol. The van der Waals surface area contributed by atoms with Gasteiger partial charge in [0.05, 0.1) is 11.1 Å². The molecule has 2 aromatic heterocycles. The molecule has 26 heavy (non-hydrogen) atoms. The summed E-state index contributed by atoms with van der Waals surface area (Å²) in [6, 6.07) is 12.6. The van der Waals surface area contributed by atoms with Crippen LogP contribution in [0.5, 0.6) is 0 Å². The number of halogens is 1. The van der Waals surface area contributed by atoms with Gasteiger partial charge in [0.15, 0.2) is 0 Å². The lowest BCUT2D eigenvalue weighted by atomic mass is 10.1. The number of hydrogen-bond acceptors (Lipinski definition) is 3. The van der Waals surface area contributed by atoms with Gasteiger partial charge in [0.25, 0.3) is 10.0 Å². The molecule has 132 valence electrons. The monoisotopic (exact) mass is 370 g/mol. The second-order valence-corrected chi connectivity index (χ2v) is 7.54. The predicted molar refractivity (Wildman–Crippen MR) is 97.7 cm³/mol. The molecule has 0 radical (unpaired) electrons. The number of aromatic amines is 1. The lowest BCUT2D eigenvalue weighted by Gasteiger charge is -2.08. The maximum Gasteiger partial charge on any atom is 0.263 e. The number of nitrogens with one attached hydrogen (secondary N) is 2. The quantitative estimate of drug-likeness (QED) is 0.577. The highest BCUT2D eigenvalue weighted by molar-refractivity contribution is 7.92. The minimum absolute atomic E-state index is 0.147. The molecule has 0 aliphatic rings. The molecule has 0 aliphatic carbocycles. The van der Waals surface area contributed by atoms with Crippen molar-refractivity contribution in [3.8, 4) is 11.1 Å². The molecule has 0 aliphatic heterocycles. The Morgan fingerprint density at radius 2 is 1.88 bits per heavy atom. The summed E-state index contributed by atoms with van der Waals surface area (Å²) in [6.07, 6.45) is 3.29. The summed E-state index contributed by atoms with van der Waals surface area (Å²) in [4.78, 5) is 3.17. The molecule has 0 amide bonds. The van der Waals surface area contributed by atoms with Gasteiger partial charge in [0, 0.05) is 35.8 Å². The Bertz CT molecular complexity index is 1190. The van der Waals surface area contributed by atoms with E-state index >= 15 is 0 Å². The highest BCUT2D eigenvalue weighted by Gasteiger charge is 2.16. The summed E-state index contributed by atoms with van der Waals surface area (Å²) >= 11 is 0. The summed E-state index contributed by atoms with van der Waals surface area (Å²) in [7, 11) is -2.05. The molecule has 0 saturated heterocycles. The van der Waals surface area contributed by atoms with Crippen molar-refractivity contribution in [2.75, 3.05) is 4.72 Å². The van der Waals surface area contributed by atoms with E-state index in [4.69, 9.17) is 0 Å². The van der Waals surface area contributed by atoms with E-state index in [0.29, 0.717) is 11.3 Å². The van der Waals surface area contributed by atoms with Crippen LogP contribution < -0.4 is 4.72 Å². The molecule has 6 nitrogen and oxygen atoms in total. The Hall–Kier alpha value is -3.13. The molecule has 4 rings (SSSR count). The maximum absolute atomic E-state index is 13.3. The Kier molecular flexibility index (Phi) is 3.77. The molecule has 2 heterocycles. The van der Waals surface area contributed by atoms with E-state index < -0.39 is 10.0 Å². The number of benzene rings is 2. The Morgan fingerprint density at radius 3 is 2.58 bits per heavy atom. The number of hydrogen-bond donors (Lipinski definition) is 2. The zero-order valence-electron chi connectivity index (χ0n) is 13.8. The topological polar surface area (TPSA) is 79.8 Å². The summed E-state index contributed by atoms with van der Waals surface area (Å²) in [6.45, 7) is 0. The van der Waals surface area contributed by atoms with E-state index in [1.165, 1.54) is 35.1 Å². The Balaban J connectivity index is 1.67. The molecule has 2 aromatic carbocycles. The third-order valence-corrected chi connectivity index (χ3v) is 5.55. The van der Waals surface area contributed by atoms with Gasteiger partial charge in [-0.3, -0.25) is 9.40 Å². The van der Waals surface area contributed by atoms with Gasteiger partial charge in [-0.15, -0.1) is 0 Å². The number of aryl methyl sites for hydroxylation is 1. The fraction of sp³-hybridized carbons (Fsp3) is 0.0556. The van der Waals surface area contributed by atoms with Crippen molar-refractivity contribution in [1.29, 1.82) is 0 Å². The van der Waals surface area contributed by atoms with Crippen molar-refractivity contribution in [3.05, 3.63) is 66.7 Å². The minimum atomic E-state index is -3.71. The van der Waals surface area contributed by atoms with Crippen molar-refractivity contribution in [2.45, 2.75) is 4.90 Å². The zero-order valence-corrected chi connectivity index (χ0v) is 14.6. The van der Waals surface area contributed by atoms with Gasteiger partial charge in [-0.2, -0.15) is 5.10 Å². The van der Waals surface area contributed by atoms with Crippen LogP contribution in [0, 0.1) is 5.82 Å². The number of anilines is 1. The van der Waals surface area contributed by atoms with Crippen LogP contribution in [0.4, 0.5) is 10.2 Å². The van der Waals surface area contributed by atoms with Crippen LogP contribution in [0.1, 0.15) is 0 Å². The molecule has 0 bridgehead atoms. The first kappa shape index (κ1) is 16.3. The van der Waals surface area contributed by atoms with E-state index in [0.717, 1.165) is 16.5 Å². The molecule has 0 saturated carbocycles. The van der Waals surface area contributed by atoms with Crippen LogP contribution >= 0.6 is 0 Å². The van der Waals surface area contributed by atoms with Gasteiger partial charge in [-0.25, -0.2) is 12.8 Å². The first-order valence-corrected chi connectivity index (χ1v) is 9.30. The molecule has 8 heteroatoms. The molecule has 0 fully saturated rings. The highest BCUT2D eigenvalue weighted by atomic mass is 32.2. The summed E-state index contributed by atoms with van der Waals surface area (Å²) < 4.78 is 42.3. The standard InChI is InChI=1S/C18H15FN4O2S/c1-23-18(8-9-21-23)22-26(24,25)14-5-2-12(3-6-14)16-11-20-17-10-13(19)4-7-15(16)17/h2-11,20,22H,1H3.